The molecular formula is C33H23NO2. The van der Waals surface area contributed by atoms with Crippen LogP contribution in [0.2, 0.25) is 0 Å². The molecule has 3 nitrogen and oxygen atoms in total. The molecule has 4 aromatic rings. The van der Waals surface area contributed by atoms with E-state index in [1.54, 1.807) is 0 Å². The molecule has 5 aliphatic rings. The minimum absolute atomic E-state index is 0.0878. The summed E-state index contributed by atoms with van der Waals surface area (Å²) in [5.41, 5.74) is 5.06. The van der Waals surface area contributed by atoms with Crippen LogP contribution in [-0.4, -0.2) is 16.7 Å². The summed E-state index contributed by atoms with van der Waals surface area (Å²) in [6.07, 6.45) is 4.30. The minimum atomic E-state index is -1.15. The fourth-order valence-electron chi connectivity index (χ4n) is 7.71. The van der Waals surface area contributed by atoms with E-state index in [4.69, 9.17) is 0 Å². The van der Waals surface area contributed by atoms with Crippen molar-refractivity contribution in [3.63, 3.8) is 0 Å². The van der Waals surface area contributed by atoms with E-state index in [2.05, 4.69) is 66.7 Å². The highest BCUT2D eigenvalue weighted by Crippen LogP contribution is 2.68. The molecule has 2 spiro atoms. The van der Waals surface area contributed by atoms with Gasteiger partial charge in [-0.05, 0) is 38.9 Å². The lowest BCUT2D eigenvalue weighted by Gasteiger charge is -2.53. The number of imide groups is 1. The van der Waals surface area contributed by atoms with Crippen molar-refractivity contribution in [2.24, 2.45) is 0 Å². The second-order valence-electron chi connectivity index (χ2n) is 10.4. The Balaban J connectivity index is 1.54. The van der Waals surface area contributed by atoms with Crippen molar-refractivity contribution < 1.29 is 9.59 Å². The lowest BCUT2D eigenvalue weighted by Crippen LogP contribution is -2.57. The number of hydrogen-bond acceptors (Lipinski definition) is 2. The van der Waals surface area contributed by atoms with Crippen molar-refractivity contribution in [3.05, 3.63) is 154 Å². The van der Waals surface area contributed by atoms with E-state index in [0.29, 0.717) is 0 Å². The maximum Gasteiger partial charge on any atom is 0.246 e. The fraction of sp³-hybridized carbons (Fsp3) is 0.152. The Bertz CT molecular complexity index is 1590. The van der Waals surface area contributed by atoms with Crippen LogP contribution in [0.5, 0.6) is 0 Å². The van der Waals surface area contributed by atoms with Crippen molar-refractivity contribution in [1.82, 2.24) is 4.90 Å². The van der Waals surface area contributed by atoms with Crippen molar-refractivity contribution in [3.8, 4) is 0 Å². The molecule has 4 aromatic carbocycles. The molecule has 2 atom stereocenters. The Labute approximate surface area is 209 Å². The second-order valence-corrected chi connectivity index (χ2v) is 10.4. The van der Waals surface area contributed by atoms with Gasteiger partial charge in [-0.3, -0.25) is 14.5 Å². The van der Waals surface area contributed by atoms with E-state index >= 15 is 0 Å². The lowest BCUT2D eigenvalue weighted by atomic mass is 9.45. The topological polar surface area (TPSA) is 37.4 Å². The quantitative estimate of drug-likeness (QED) is 0.286. The van der Waals surface area contributed by atoms with Crippen LogP contribution in [0.4, 0.5) is 0 Å². The Kier molecular flexibility index (Phi) is 3.72. The molecule has 0 radical (unpaired) electrons. The summed E-state index contributed by atoms with van der Waals surface area (Å²) in [7, 11) is 0. The van der Waals surface area contributed by atoms with Gasteiger partial charge in [-0.2, -0.15) is 0 Å². The van der Waals surface area contributed by atoms with E-state index in [0.717, 1.165) is 38.9 Å². The number of hydrogen-bond donors (Lipinski definition) is 0. The van der Waals surface area contributed by atoms with Gasteiger partial charge in [0, 0.05) is 11.8 Å². The Morgan fingerprint density at radius 2 is 1.17 bits per heavy atom. The molecule has 1 saturated heterocycles. The molecule has 4 aliphatic carbocycles. The van der Waals surface area contributed by atoms with Gasteiger partial charge in [0.2, 0.25) is 11.8 Å². The van der Waals surface area contributed by atoms with E-state index in [1.807, 2.05) is 48.5 Å². The number of nitrogens with zero attached hydrogens (tertiary/aromatic N) is 1. The third kappa shape index (κ3) is 2.04. The Morgan fingerprint density at radius 1 is 0.611 bits per heavy atom. The van der Waals surface area contributed by atoms with Crippen LogP contribution >= 0.6 is 0 Å². The summed E-state index contributed by atoms with van der Waals surface area (Å²) < 4.78 is 0. The molecule has 4 bridgehead atoms. The van der Waals surface area contributed by atoms with Crippen LogP contribution < -0.4 is 0 Å². The average Bonchev–Trinajstić information content (AvgIpc) is 3.08. The fourth-order valence-corrected chi connectivity index (χ4v) is 7.71. The molecule has 0 N–H and O–H groups in total. The summed E-state index contributed by atoms with van der Waals surface area (Å²) in [5.74, 6) is -0.0822. The van der Waals surface area contributed by atoms with Gasteiger partial charge in [0.05, 0.1) is 6.54 Å². The smallest absolute Gasteiger partial charge is 0.246 e. The van der Waals surface area contributed by atoms with Gasteiger partial charge in [-0.15, -0.1) is 0 Å². The SMILES string of the molecule is O=C1N(Cc2ccccc2)C(=O)[C@]23C=C[C@H](c4ccccc42)C2c4ccccc4C13c1ccccc12. The highest BCUT2D eigenvalue weighted by molar-refractivity contribution is 6.20. The first-order valence-electron chi connectivity index (χ1n) is 12.6. The third-order valence-electron chi connectivity index (χ3n) is 8.98. The number of benzene rings is 4. The third-order valence-corrected chi connectivity index (χ3v) is 8.98. The van der Waals surface area contributed by atoms with Gasteiger partial charge < -0.3 is 0 Å². The standard InChI is InChI=1S/C33H23NO2/c35-30-32-19-18-23(22-12-4-7-15-26(22)32)29-24-13-5-8-16-27(24)33(32,28-17-9-6-14-25(28)29)31(36)34(30)20-21-10-2-1-3-11-21/h1-19,23,29H,20H2/t23-,29?,32+,33?/m1/s1. The largest absolute Gasteiger partial charge is 0.276 e. The van der Waals surface area contributed by atoms with Crippen LogP contribution in [0, 0.1) is 0 Å². The molecular weight excluding hydrogens is 442 g/mol. The molecule has 0 unspecified atom stereocenters. The zero-order valence-electron chi connectivity index (χ0n) is 19.6. The summed E-state index contributed by atoms with van der Waals surface area (Å²) in [5, 5.41) is 0. The molecule has 3 heteroatoms. The molecule has 0 aromatic heterocycles. The first-order chi connectivity index (χ1) is 17.7. The Morgan fingerprint density at radius 3 is 1.83 bits per heavy atom. The van der Waals surface area contributed by atoms with E-state index < -0.39 is 10.8 Å². The molecule has 0 saturated carbocycles. The normalized spacial score (nSPS) is 28.3. The van der Waals surface area contributed by atoms with Crippen molar-refractivity contribution in [2.45, 2.75) is 29.2 Å². The first kappa shape index (κ1) is 20.0. The lowest BCUT2D eigenvalue weighted by molar-refractivity contribution is -0.140. The molecule has 172 valence electrons. The highest BCUT2D eigenvalue weighted by atomic mass is 16.2. The number of amides is 2. The van der Waals surface area contributed by atoms with Gasteiger partial charge in [-0.1, -0.05) is 115 Å². The van der Waals surface area contributed by atoms with Gasteiger partial charge >= 0.3 is 0 Å². The Hall–Kier alpha value is -4.24. The molecule has 36 heavy (non-hydrogen) atoms. The van der Waals surface area contributed by atoms with Crippen LogP contribution in [0.3, 0.4) is 0 Å². The number of rotatable bonds is 2. The van der Waals surface area contributed by atoms with Crippen molar-refractivity contribution in [1.29, 1.82) is 0 Å². The molecule has 1 fully saturated rings. The predicted octanol–water partition coefficient (Wildman–Crippen LogP) is 5.59. The van der Waals surface area contributed by atoms with E-state index in [-0.39, 0.29) is 30.2 Å². The zero-order valence-corrected chi connectivity index (χ0v) is 19.6. The molecule has 2 amide bonds. The minimum Gasteiger partial charge on any atom is -0.276 e. The van der Waals surface area contributed by atoms with Gasteiger partial charge in [0.25, 0.3) is 0 Å². The zero-order chi connectivity index (χ0) is 24.1. The molecule has 1 aliphatic heterocycles. The maximum atomic E-state index is 15.0. The van der Waals surface area contributed by atoms with E-state index in [9.17, 15) is 9.59 Å². The first-order valence-corrected chi connectivity index (χ1v) is 12.6. The van der Waals surface area contributed by atoms with Crippen molar-refractivity contribution in [2.75, 3.05) is 0 Å². The second kappa shape index (κ2) is 6.70. The average molecular weight is 466 g/mol. The highest BCUT2D eigenvalue weighted by Gasteiger charge is 2.74. The predicted molar refractivity (Wildman–Crippen MR) is 138 cm³/mol. The van der Waals surface area contributed by atoms with Gasteiger partial charge in [0.15, 0.2) is 0 Å². The van der Waals surface area contributed by atoms with Crippen molar-refractivity contribution >= 4 is 11.8 Å². The van der Waals surface area contributed by atoms with Gasteiger partial charge in [-0.25, -0.2) is 0 Å². The molecule has 1 heterocycles. The summed E-state index contributed by atoms with van der Waals surface area (Å²) in [6, 6.07) is 34.8. The van der Waals surface area contributed by atoms with Crippen LogP contribution in [0.1, 0.15) is 50.8 Å². The number of likely N-dealkylation sites (tertiary alicyclic amines) is 1. The summed E-state index contributed by atoms with van der Waals surface area (Å²) in [6.45, 7) is 0.259. The van der Waals surface area contributed by atoms with E-state index in [1.165, 1.54) is 4.90 Å². The molecule has 9 rings (SSSR count). The van der Waals surface area contributed by atoms with Crippen LogP contribution in [0.25, 0.3) is 0 Å². The number of carbonyl (C=O) groups excluding carboxylic acids is 2. The number of allylic oxidation sites excluding steroid dienone is 1. The summed E-state index contributed by atoms with van der Waals surface area (Å²) in [4.78, 5) is 31.3. The summed E-state index contributed by atoms with van der Waals surface area (Å²) >= 11 is 0. The van der Waals surface area contributed by atoms with Crippen LogP contribution in [-0.2, 0) is 27.0 Å². The van der Waals surface area contributed by atoms with Crippen LogP contribution in [0.15, 0.2) is 115 Å². The number of carbonyl (C=O) groups is 2. The maximum absolute atomic E-state index is 15.0. The monoisotopic (exact) mass is 465 g/mol. The van der Waals surface area contributed by atoms with Gasteiger partial charge in [0.1, 0.15) is 10.8 Å².